The summed E-state index contributed by atoms with van der Waals surface area (Å²) < 4.78 is 0. The molecule has 0 bridgehead atoms. The fraction of sp³-hybridized carbons (Fsp3) is 0.138. The summed E-state index contributed by atoms with van der Waals surface area (Å²) in [6.07, 6.45) is 0. The van der Waals surface area contributed by atoms with Crippen LogP contribution in [0.1, 0.15) is 61.1 Å². The van der Waals surface area contributed by atoms with Gasteiger partial charge in [0.05, 0.1) is 11.4 Å². The maximum Gasteiger partial charge on any atom is 0.0547 e. The summed E-state index contributed by atoms with van der Waals surface area (Å²) >= 11 is 2.03. The number of hydrogen-bond acceptors (Lipinski definition) is 2. The maximum atomic E-state index is 2.66. The Balaban J connectivity index is 1.20. The summed E-state index contributed by atoms with van der Waals surface area (Å²) in [7, 11) is 0. The molecule has 0 saturated heterocycles. The minimum absolute atomic E-state index is 0.148. The molecule has 2 aliphatic carbocycles. The summed E-state index contributed by atoms with van der Waals surface area (Å²) in [4.78, 5) is 2.66. The molecular formula is C58H43NS. The quantitative estimate of drug-likeness (QED) is 0.129. The van der Waals surface area contributed by atoms with Crippen LogP contribution < -0.4 is 4.90 Å². The average molecular weight is 786 g/mol. The van der Waals surface area contributed by atoms with E-state index in [0.29, 0.717) is 0 Å². The molecule has 0 aromatic heterocycles. The van der Waals surface area contributed by atoms with Gasteiger partial charge in [0.15, 0.2) is 0 Å². The van der Waals surface area contributed by atoms with Crippen LogP contribution in [0, 0.1) is 0 Å². The molecule has 286 valence electrons. The molecule has 0 amide bonds. The van der Waals surface area contributed by atoms with E-state index in [1.165, 1.54) is 127 Å². The van der Waals surface area contributed by atoms with E-state index in [0.717, 1.165) is 11.5 Å². The van der Waals surface area contributed by atoms with Gasteiger partial charge in [-0.1, -0.05) is 161 Å². The first-order valence-corrected chi connectivity index (χ1v) is 22.5. The number of nitrogens with zero attached hydrogens (tertiary/aromatic N) is 1. The van der Waals surface area contributed by atoms with Crippen molar-refractivity contribution in [1.82, 2.24) is 0 Å². The van der Waals surface area contributed by atoms with Crippen LogP contribution in [0.4, 0.5) is 17.1 Å². The first kappa shape index (κ1) is 34.5. The van der Waals surface area contributed by atoms with E-state index < -0.39 is 0 Å². The van der Waals surface area contributed by atoms with Crippen LogP contribution in [0.5, 0.6) is 0 Å². The summed E-state index contributed by atoms with van der Waals surface area (Å²) in [5.74, 6) is 2.09. The second-order valence-electron chi connectivity index (χ2n) is 18.3. The molecule has 60 heavy (non-hydrogen) atoms. The van der Waals surface area contributed by atoms with Gasteiger partial charge in [-0.2, -0.15) is 11.8 Å². The molecule has 0 spiro atoms. The van der Waals surface area contributed by atoms with Gasteiger partial charge in [-0.15, -0.1) is 0 Å². The fourth-order valence-corrected chi connectivity index (χ4v) is 12.8. The molecule has 10 aromatic carbocycles. The Bertz CT molecular complexity index is 3470. The number of thioether (sulfide) groups is 1. The van der Waals surface area contributed by atoms with E-state index in [4.69, 9.17) is 0 Å². The van der Waals surface area contributed by atoms with Gasteiger partial charge in [-0.05, 0) is 129 Å². The van der Waals surface area contributed by atoms with Crippen molar-refractivity contribution < 1.29 is 0 Å². The third kappa shape index (κ3) is 4.50. The number of rotatable bonds is 4. The molecule has 10 aromatic rings. The highest BCUT2D eigenvalue weighted by Crippen LogP contribution is 2.57. The van der Waals surface area contributed by atoms with E-state index in [-0.39, 0.29) is 10.8 Å². The zero-order valence-corrected chi connectivity index (χ0v) is 35.2. The number of benzene rings is 10. The van der Waals surface area contributed by atoms with Crippen molar-refractivity contribution in [2.75, 3.05) is 4.90 Å². The van der Waals surface area contributed by atoms with Crippen molar-refractivity contribution in [1.29, 1.82) is 0 Å². The van der Waals surface area contributed by atoms with E-state index in [1.807, 2.05) is 11.8 Å². The van der Waals surface area contributed by atoms with E-state index in [2.05, 4.69) is 196 Å². The van der Waals surface area contributed by atoms with Gasteiger partial charge in [-0.25, -0.2) is 0 Å². The standard InChI is InChI=1S/C58H43NS/c1-57(2)48-23-7-5-17-39(48)41-27-26-37(29-50(41)57)59(52-28-25-35-15-10-21-43-42-20-9-13-34-14-11-22-44(54(34)42)56(52)55(35)43)53-31-51-45(40-18-6-8-24-49(40)58(51,3)4)30-46(53)38-19-12-16-36-32-60-33-47(36)38/h5-31H,32-33H2,1-4H3. The first-order valence-electron chi connectivity index (χ1n) is 21.4. The zero-order chi connectivity index (χ0) is 40.1. The predicted molar refractivity (Wildman–Crippen MR) is 258 cm³/mol. The van der Waals surface area contributed by atoms with Gasteiger partial charge in [-0.3, -0.25) is 0 Å². The van der Waals surface area contributed by atoms with Crippen LogP contribution in [0.3, 0.4) is 0 Å². The number of fused-ring (bicyclic) bond motifs is 9. The first-order chi connectivity index (χ1) is 29.3. The lowest BCUT2D eigenvalue weighted by molar-refractivity contribution is 0.660. The van der Waals surface area contributed by atoms with Crippen LogP contribution in [-0.2, 0) is 22.3 Å². The van der Waals surface area contributed by atoms with Gasteiger partial charge in [0, 0.05) is 39.0 Å². The topological polar surface area (TPSA) is 3.24 Å². The van der Waals surface area contributed by atoms with E-state index in [9.17, 15) is 0 Å². The minimum Gasteiger partial charge on any atom is -0.309 e. The molecule has 0 unspecified atom stereocenters. The molecule has 0 atom stereocenters. The molecule has 2 heteroatoms. The Morgan fingerprint density at radius 3 is 1.75 bits per heavy atom. The molecular weight excluding hydrogens is 743 g/mol. The Morgan fingerprint density at radius 1 is 0.400 bits per heavy atom. The zero-order valence-electron chi connectivity index (χ0n) is 34.4. The molecule has 13 rings (SSSR count). The molecule has 0 N–H and O–H groups in total. The molecule has 0 radical (unpaired) electrons. The van der Waals surface area contributed by atoms with Crippen LogP contribution in [-0.4, -0.2) is 0 Å². The largest absolute Gasteiger partial charge is 0.309 e. The molecule has 0 saturated carbocycles. The minimum atomic E-state index is -0.170. The van der Waals surface area contributed by atoms with Crippen molar-refractivity contribution in [2.45, 2.75) is 50.0 Å². The SMILES string of the molecule is CC1(C)c2ccccc2-c2ccc(N(c3cc4c(cc3-c3cccc5c3CSC5)-c3ccccc3C4(C)C)c3ccc4cccc5c6cccc7cccc(c3c45)c76)cc21. The van der Waals surface area contributed by atoms with Crippen molar-refractivity contribution in [3.8, 4) is 33.4 Å². The van der Waals surface area contributed by atoms with E-state index >= 15 is 0 Å². The fourth-order valence-electron chi connectivity index (χ4n) is 11.7. The van der Waals surface area contributed by atoms with Gasteiger partial charge in [0.25, 0.3) is 0 Å². The van der Waals surface area contributed by atoms with Gasteiger partial charge >= 0.3 is 0 Å². The molecule has 3 aliphatic rings. The highest BCUT2D eigenvalue weighted by atomic mass is 32.2. The van der Waals surface area contributed by atoms with Crippen molar-refractivity contribution in [3.63, 3.8) is 0 Å². The van der Waals surface area contributed by atoms with Crippen LogP contribution >= 0.6 is 11.8 Å². The summed E-state index contributed by atoms with van der Waals surface area (Å²) in [5.41, 5.74) is 19.8. The molecule has 0 fully saturated rings. The third-order valence-corrected chi connectivity index (χ3v) is 15.6. The van der Waals surface area contributed by atoms with Crippen LogP contribution in [0.2, 0.25) is 0 Å². The Hall–Kier alpha value is -6.35. The average Bonchev–Trinajstić information content (AvgIpc) is 3.92. The molecule has 1 nitrogen and oxygen atoms in total. The highest BCUT2D eigenvalue weighted by Gasteiger charge is 2.39. The summed E-state index contributed by atoms with van der Waals surface area (Å²) in [6.45, 7) is 9.64. The smallest absolute Gasteiger partial charge is 0.0547 e. The summed E-state index contributed by atoms with van der Waals surface area (Å²) in [5, 5.41) is 10.4. The van der Waals surface area contributed by atoms with Crippen LogP contribution in [0.15, 0.2) is 164 Å². The van der Waals surface area contributed by atoms with E-state index in [1.54, 1.807) is 0 Å². The lowest BCUT2D eigenvalue weighted by Crippen LogP contribution is -2.19. The van der Waals surface area contributed by atoms with Crippen molar-refractivity contribution >= 4 is 71.9 Å². The predicted octanol–water partition coefficient (Wildman–Crippen LogP) is 16.2. The molecule has 1 aliphatic heterocycles. The second kappa shape index (κ2) is 12.1. The number of anilines is 3. The Morgan fingerprint density at radius 2 is 1.00 bits per heavy atom. The van der Waals surface area contributed by atoms with Crippen molar-refractivity contribution in [3.05, 3.63) is 197 Å². The van der Waals surface area contributed by atoms with Crippen molar-refractivity contribution in [2.24, 2.45) is 0 Å². The summed E-state index contributed by atoms with van der Waals surface area (Å²) in [6, 6.07) is 63.0. The second-order valence-corrected chi connectivity index (χ2v) is 19.3. The Labute approximate surface area is 355 Å². The highest BCUT2D eigenvalue weighted by molar-refractivity contribution is 7.98. The lowest BCUT2D eigenvalue weighted by Gasteiger charge is -2.33. The molecule has 1 heterocycles. The monoisotopic (exact) mass is 785 g/mol. The van der Waals surface area contributed by atoms with Gasteiger partial charge in [0.1, 0.15) is 0 Å². The third-order valence-electron chi connectivity index (χ3n) is 14.6. The normalized spacial score (nSPS) is 15.4. The van der Waals surface area contributed by atoms with Gasteiger partial charge in [0.2, 0.25) is 0 Å². The van der Waals surface area contributed by atoms with Gasteiger partial charge < -0.3 is 4.90 Å². The lowest BCUT2D eigenvalue weighted by atomic mass is 9.81. The Kier molecular flexibility index (Phi) is 6.97. The van der Waals surface area contributed by atoms with Crippen LogP contribution in [0.25, 0.3) is 76.5 Å². The maximum absolute atomic E-state index is 2.66. The number of hydrogen-bond donors (Lipinski definition) is 0.